The standard InChI is InChI=1S/C40H49NO5/c1-19(2)31-34(44)29-28-21(24-18-36(3,4)46-37(5,6)30(24)33(28)43)17-22-23-16-20-10-11-25-38(7)14-13-27(42)45-26(38)12-15-39(25,8)40(20,9)35(23)41(31)32(22)29/h17-18,20,25-26,30-31,33,43H,1,10-16H2,2-9H3/t20?,25?,26-,30?,31-,33+,38-,39-,40?/m0/s1. The zero-order valence-electron chi connectivity index (χ0n) is 28.8. The highest BCUT2D eigenvalue weighted by Crippen LogP contribution is 2.72. The van der Waals surface area contributed by atoms with Gasteiger partial charge in [0.2, 0.25) is 0 Å². The van der Waals surface area contributed by atoms with Crippen LogP contribution < -0.4 is 0 Å². The lowest BCUT2D eigenvalue weighted by Gasteiger charge is -2.66. The summed E-state index contributed by atoms with van der Waals surface area (Å²) < 4.78 is 15.0. The molecule has 9 rings (SSSR count). The van der Waals surface area contributed by atoms with E-state index in [9.17, 15) is 14.7 Å². The Morgan fingerprint density at radius 1 is 1.04 bits per heavy atom. The monoisotopic (exact) mass is 623 g/mol. The maximum absolute atomic E-state index is 14.8. The molecule has 244 valence electrons. The van der Waals surface area contributed by atoms with E-state index in [4.69, 9.17) is 9.47 Å². The van der Waals surface area contributed by atoms with Gasteiger partial charge in [0, 0.05) is 39.8 Å². The van der Waals surface area contributed by atoms with Crippen LogP contribution in [0.3, 0.4) is 0 Å². The summed E-state index contributed by atoms with van der Waals surface area (Å²) in [6, 6.07) is 1.86. The van der Waals surface area contributed by atoms with Gasteiger partial charge in [0.05, 0.1) is 28.4 Å². The first-order valence-electron chi connectivity index (χ1n) is 17.7. The molecule has 7 aliphatic rings. The molecule has 0 amide bonds. The second kappa shape index (κ2) is 8.47. The van der Waals surface area contributed by atoms with Crippen molar-refractivity contribution in [3.05, 3.63) is 52.2 Å². The molecule has 2 saturated carbocycles. The molecule has 0 radical (unpaired) electrons. The van der Waals surface area contributed by atoms with Crippen LogP contribution in [-0.2, 0) is 26.1 Å². The summed E-state index contributed by atoms with van der Waals surface area (Å²) in [5, 5.41) is 13.3. The SMILES string of the molecule is C=C(C)[C@H]1C(=O)c2c3c(cc4c5c(n1c24)C1(C)C(CCC2[C@]4(C)CCC(=O)O[C@H]4CC[C@@]21C)C5)C1=CC(C)(C)OC(C)(C)C1[C@@H]3O. The average Bonchev–Trinajstić information content (AvgIpc) is 3.62. The van der Waals surface area contributed by atoms with Gasteiger partial charge in [-0.3, -0.25) is 9.59 Å². The Labute approximate surface area is 272 Å². The summed E-state index contributed by atoms with van der Waals surface area (Å²) in [4.78, 5) is 27.2. The molecule has 1 saturated heterocycles. The molecule has 6 heteroatoms. The van der Waals surface area contributed by atoms with Gasteiger partial charge >= 0.3 is 5.97 Å². The number of rotatable bonds is 1. The lowest BCUT2D eigenvalue weighted by Crippen LogP contribution is -2.64. The number of hydrogen-bond acceptors (Lipinski definition) is 5. The maximum atomic E-state index is 14.8. The Morgan fingerprint density at radius 3 is 2.50 bits per heavy atom. The highest BCUT2D eigenvalue weighted by atomic mass is 16.5. The number of nitrogens with zero attached hydrogens (tertiary/aromatic N) is 1. The molecule has 1 aromatic heterocycles. The number of aromatic nitrogens is 1. The summed E-state index contributed by atoms with van der Waals surface area (Å²) in [6.07, 6.45) is 7.95. The molecule has 4 heterocycles. The van der Waals surface area contributed by atoms with E-state index >= 15 is 0 Å². The van der Waals surface area contributed by atoms with Crippen molar-refractivity contribution >= 4 is 28.2 Å². The smallest absolute Gasteiger partial charge is 0.306 e. The Morgan fingerprint density at radius 2 is 1.78 bits per heavy atom. The first-order chi connectivity index (χ1) is 21.5. The number of esters is 1. The first kappa shape index (κ1) is 29.4. The van der Waals surface area contributed by atoms with Crippen LogP contribution in [0.15, 0.2) is 24.3 Å². The van der Waals surface area contributed by atoms with E-state index in [1.165, 1.54) is 16.6 Å². The lowest BCUT2D eigenvalue weighted by molar-refractivity contribution is -0.207. The molecule has 2 aromatic rings. The van der Waals surface area contributed by atoms with Crippen LogP contribution in [0, 0.1) is 28.6 Å². The van der Waals surface area contributed by atoms with Crippen LogP contribution >= 0.6 is 0 Å². The Kier molecular flexibility index (Phi) is 5.42. The second-order valence-corrected chi connectivity index (χ2v) is 17.9. The van der Waals surface area contributed by atoms with Crippen LogP contribution in [0.2, 0.25) is 0 Å². The van der Waals surface area contributed by atoms with E-state index in [0.29, 0.717) is 23.8 Å². The van der Waals surface area contributed by atoms with Crippen LogP contribution in [0.5, 0.6) is 0 Å². The number of aliphatic hydroxyl groups excluding tert-OH is 1. The number of carbonyl (C=O) groups excluding carboxylic acids is 2. The number of aliphatic hydroxyl groups is 1. The van der Waals surface area contributed by atoms with Gasteiger partial charge < -0.3 is 19.1 Å². The molecule has 0 bridgehead atoms. The molecular weight excluding hydrogens is 574 g/mol. The van der Waals surface area contributed by atoms with E-state index in [1.54, 1.807) is 0 Å². The first-order valence-corrected chi connectivity index (χ1v) is 17.7. The van der Waals surface area contributed by atoms with E-state index in [1.807, 2.05) is 6.92 Å². The summed E-state index contributed by atoms with van der Waals surface area (Å²) in [6.45, 7) is 22.1. The highest BCUT2D eigenvalue weighted by molar-refractivity contribution is 6.18. The fraction of sp³-hybridized carbons (Fsp3) is 0.650. The Balaban J connectivity index is 1.31. The van der Waals surface area contributed by atoms with Crippen LogP contribution in [0.1, 0.15) is 139 Å². The van der Waals surface area contributed by atoms with Crippen LogP contribution in [0.25, 0.3) is 16.5 Å². The van der Waals surface area contributed by atoms with Crippen molar-refractivity contribution < 1.29 is 24.2 Å². The summed E-state index contributed by atoms with van der Waals surface area (Å²) in [7, 11) is 0. The third kappa shape index (κ3) is 3.13. The Hall–Kier alpha value is -2.70. The predicted molar refractivity (Wildman–Crippen MR) is 178 cm³/mol. The largest absolute Gasteiger partial charge is 0.462 e. The molecule has 46 heavy (non-hydrogen) atoms. The molecule has 9 atom stereocenters. The van der Waals surface area contributed by atoms with E-state index in [-0.39, 0.29) is 40.0 Å². The summed E-state index contributed by atoms with van der Waals surface area (Å²) >= 11 is 0. The van der Waals surface area contributed by atoms with Crippen molar-refractivity contribution in [2.75, 3.05) is 0 Å². The van der Waals surface area contributed by atoms with E-state index < -0.39 is 23.3 Å². The predicted octanol–water partition coefficient (Wildman–Crippen LogP) is 7.94. The van der Waals surface area contributed by atoms with Crippen molar-refractivity contribution in [1.29, 1.82) is 0 Å². The summed E-state index contributed by atoms with van der Waals surface area (Å²) in [5.41, 5.74) is 6.95. The molecule has 4 unspecified atom stereocenters. The topological polar surface area (TPSA) is 77.8 Å². The van der Waals surface area contributed by atoms with E-state index in [2.05, 4.69) is 71.8 Å². The number of carbonyl (C=O) groups is 2. The maximum Gasteiger partial charge on any atom is 0.306 e. The van der Waals surface area contributed by atoms with Gasteiger partial charge in [-0.25, -0.2) is 0 Å². The molecule has 3 aliphatic heterocycles. The highest BCUT2D eigenvalue weighted by Gasteiger charge is 2.69. The van der Waals surface area contributed by atoms with Gasteiger partial charge in [-0.15, -0.1) is 0 Å². The molecule has 1 aromatic carbocycles. The third-order valence-electron chi connectivity index (χ3n) is 14.8. The number of ketones is 1. The van der Waals surface area contributed by atoms with Crippen molar-refractivity contribution in [3.63, 3.8) is 0 Å². The fourth-order valence-electron chi connectivity index (χ4n) is 13.1. The van der Waals surface area contributed by atoms with Crippen molar-refractivity contribution in [2.24, 2.45) is 28.6 Å². The van der Waals surface area contributed by atoms with E-state index in [0.717, 1.165) is 66.3 Å². The molecule has 1 N–H and O–H groups in total. The molecule has 4 aliphatic carbocycles. The van der Waals surface area contributed by atoms with Gasteiger partial charge in [-0.05, 0) is 119 Å². The molecule has 3 fully saturated rings. The summed E-state index contributed by atoms with van der Waals surface area (Å²) in [5.74, 6) is 0.697. The molecule has 0 spiro atoms. The van der Waals surface area contributed by atoms with Gasteiger partial charge in [0.15, 0.2) is 5.78 Å². The van der Waals surface area contributed by atoms with Gasteiger partial charge in [-0.1, -0.05) is 32.9 Å². The second-order valence-electron chi connectivity index (χ2n) is 17.9. The Bertz CT molecular complexity index is 1860. The van der Waals surface area contributed by atoms with Crippen LogP contribution in [0.4, 0.5) is 0 Å². The van der Waals surface area contributed by atoms with Gasteiger partial charge in [-0.2, -0.15) is 0 Å². The quantitative estimate of drug-likeness (QED) is 0.258. The number of allylic oxidation sites excluding steroid dienone is 1. The third-order valence-corrected chi connectivity index (χ3v) is 14.8. The normalized spacial score (nSPS) is 42.4. The average molecular weight is 624 g/mol. The van der Waals surface area contributed by atoms with Crippen molar-refractivity contribution in [2.45, 2.75) is 135 Å². The number of hydrogen-bond donors (Lipinski definition) is 1. The van der Waals surface area contributed by atoms with Gasteiger partial charge in [0.25, 0.3) is 0 Å². The minimum atomic E-state index is -0.818. The lowest BCUT2D eigenvalue weighted by atomic mass is 9.40. The number of fused-ring (bicyclic) bond motifs is 13. The minimum absolute atomic E-state index is 0.00982. The van der Waals surface area contributed by atoms with Crippen LogP contribution in [-0.4, -0.2) is 38.7 Å². The zero-order chi connectivity index (χ0) is 32.7. The molecule has 6 nitrogen and oxygen atoms in total. The molecular formula is C40H49NO5. The minimum Gasteiger partial charge on any atom is -0.462 e. The fourth-order valence-corrected chi connectivity index (χ4v) is 13.1. The number of ether oxygens (including phenoxy) is 2. The number of Topliss-reactive ketones (excluding diaryl/α,β-unsaturated/α-hetero) is 1. The number of benzene rings is 1. The van der Waals surface area contributed by atoms with Gasteiger partial charge in [0.1, 0.15) is 12.1 Å². The zero-order valence-corrected chi connectivity index (χ0v) is 28.8. The van der Waals surface area contributed by atoms with Crippen molar-refractivity contribution in [3.8, 4) is 0 Å². The van der Waals surface area contributed by atoms with Crippen molar-refractivity contribution in [1.82, 2.24) is 4.57 Å².